The largest absolute Gasteiger partial charge is 0.459 e. The van der Waals surface area contributed by atoms with Crippen molar-refractivity contribution in [1.29, 1.82) is 0 Å². The maximum Gasteiger partial charge on any atom is 0.407 e. The normalized spacial score (nSPS) is 26.6. The lowest BCUT2D eigenvalue weighted by molar-refractivity contribution is -0.265. The maximum absolute atomic E-state index is 14.7. The van der Waals surface area contributed by atoms with Crippen LogP contribution in [-0.2, 0) is 110 Å². The Labute approximate surface area is 730 Å². The fourth-order valence-electron chi connectivity index (χ4n) is 16.5. The van der Waals surface area contributed by atoms with Gasteiger partial charge in [0.1, 0.15) is 66.2 Å². The number of carbonyl (C=O) groups is 7. The van der Waals surface area contributed by atoms with Gasteiger partial charge in [0.25, 0.3) is 17.7 Å². The molecule has 2 aromatic carbocycles. The number of hydrogen-bond acceptors (Lipinski definition) is 31. The van der Waals surface area contributed by atoms with Crippen molar-refractivity contribution in [2.24, 2.45) is 35.3 Å². The molecule has 35 heteroatoms. The number of carbonyl (C=O) groups excluding carboxylic acids is 7. The number of hydrogen-bond donors (Lipinski definition) is 7. The smallest absolute Gasteiger partial charge is 0.407 e. The van der Waals surface area contributed by atoms with Gasteiger partial charge in [0, 0.05) is 82.6 Å². The Morgan fingerprint density at radius 3 is 2.07 bits per heavy atom. The summed E-state index contributed by atoms with van der Waals surface area (Å²) < 4.78 is 82.2. The highest BCUT2D eigenvalue weighted by molar-refractivity contribution is 6.39. The van der Waals surface area contributed by atoms with Crippen LogP contribution in [0.4, 0.5) is 16.6 Å². The number of benzene rings is 2. The van der Waals surface area contributed by atoms with Crippen LogP contribution in [0.5, 0.6) is 0 Å². The van der Waals surface area contributed by atoms with Crippen molar-refractivity contribution in [2.75, 3.05) is 151 Å². The van der Waals surface area contributed by atoms with Gasteiger partial charge in [0.05, 0.1) is 129 Å². The van der Waals surface area contributed by atoms with E-state index in [4.69, 9.17) is 88.3 Å². The van der Waals surface area contributed by atoms with Gasteiger partial charge in [-0.1, -0.05) is 82.4 Å². The second-order valence-corrected chi connectivity index (χ2v) is 33.1. The summed E-state index contributed by atoms with van der Waals surface area (Å²) in [6, 6.07) is 9.60. The summed E-state index contributed by atoms with van der Waals surface area (Å²) >= 11 is 0. The molecule has 0 unspecified atom stereocenters. The first-order valence-electron chi connectivity index (χ1n) is 43.7. The molecule has 125 heavy (non-hydrogen) atoms. The standard InChI is InChI=1S/C90H129N11O24/c1-56-14-10-9-11-15-57(2)74(112-7)50-67-22-17-61(6)90(111,125-67)83(107)86(108)100-27-13-12-16-70(100)87(109)122-75(51-71(102)58(3)45-60(5)81(105)82(106)80(104)59(4)44-56)68(91)47-62-19-23-73(76(48-62)113-8)124-89(110)94-26-29-114-30-31-115-32-33-116-34-35-117-36-37-118-38-39-119-40-41-120-42-43-121-54-77(103)99-28-25-64-46-63(18-20-66(64)53-99)52-101-85-78(84(92)95-55-96-85)79(98-101)65-21-24-72-69(49-65)97-88(93)123-72/h9-11,14-15,18,20-21,24,45-46,49,55-56,58-59,61-62,67-68,70,73-76,81-82,105-106,111H,12-13,16-17,19,22-23,25-44,47-48,50-54,91H2,1-8H3,(H2,93,97)(H,94,110)(H2,92,95,96)/b11-9?,14-10+,57-15?,60-45+/t56-,58-,59-,61-,62+,67+,68-,70+,73-,74+,75+,76-,81-,82+,90-/m1/s1. The summed E-state index contributed by atoms with van der Waals surface area (Å²) in [5.74, 6) is -9.08. The number of aliphatic hydroxyl groups is 3. The number of anilines is 2. The number of nitrogens with one attached hydrogen (secondary N) is 1. The fraction of sp³-hybridized carbons (Fsp3) is 0.633. The van der Waals surface area contributed by atoms with Crippen LogP contribution in [0, 0.1) is 29.6 Å². The number of fused-ring (bicyclic) bond motifs is 6. The number of Topliss-reactive ketones (excluding diaryl/α,β-unsaturated/α-hetero) is 3. The number of oxazole rings is 1. The number of esters is 1. The lowest BCUT2D eigenvalue weighted by Crippen LogP contribution is -2.61. The maximum atomic E-state index is 14.7. The van der Waals surface area contributed by atoms with Crippen LogP contribution < -0.4 is 22.5 Å². The predicted molar refractivity (Wildman–Crippen MR) is 460 cm³/mol. The molecule has 1 saturated carbocycles. The number of allylic oxidation sites excluding steroid dienone is 6. The minimum absolute atomic E-state index is 0.00292. The van der Waals surface area contributed by atoms with Crippen LogP contribution in [0.2, 0.25) is 0 Å². The Kier molecular flexibility index (Phi) is 38.9. The number of nitrogen functional groups attached to an aromatic ring is 2. The minimum Gasteiger partial charge on any atom is -0.459 e. The molecule has 3 aromatic heterocycles. The summed E-state index contributed by atoms with van der Waals surface area (Å²) in [7, 11) is 3.06. The van der Waals surface area contributed by atoms with Gasteiger partial charge in [-0.05, 0) is 142 Å². The number of aromatic nitrogens is 5. The highest BCUT2D eigenvalue weighted by atomic mass is 16.6. The first-order valence-corrected chi connectivity index (χ1v) is 43.7. The van der Waals surface area contributed by atoms with Crippen LogP contribution in [-0.4, -0.2) is 291 Å². The van der Waals surface area contributed by atoms with Crippen LogP contribution in [0.3, 0.4) is 0 Å². The predicted octanol–water partition coefficient (Wildman–Crippen LogP) is 6.83. The monoisotopic (exact) mass is 1750 g/mol. The Balaban J connectivity index is 0.554. The number of alkyl carbamates (subject to hydrolysis) is 1. The number of nitrogens with two attached hydrogens (primary N) is 3. The number of ether oxygens (including phenoxy) is 13. The van der Waals surface area contributed by atoms with Crippen molar-refractivity contribution in [2.45, 2.75) is 199 Å². The molecule has 0 spiro atoms. The molecule has 3 fully saturated rings. The third-order valence-corrected chi connectivity index (χ3v) is 23.8. The molecule has 2 saturated heterocycles. The Bertz CT molecular complexity index is 4480. The third kappa shape index (κ3) is 28.6. The zero-order valence-corrected chi connectivity index (χ0v) is 73.4. The van der Waals surface area contributed by atoms with Gasteiger partial charge >= 0.3 is 12.1 Å². The van der Waals surface area contributed by atoms with Crippen molar-refractivity contribution >= 4 is 75.2 Å². The molecule has 5 aromatic rings. The number of piperidine rings is 1. The van der Waals surface area contributed by atoms with Gasteiger partial charge in [0.15, 0.2) is 17.0 Å². The van der Waals surface area contributed by atoms with Gasteiger partial charge in [-0.15, -0.1) is 0 Å². The van der Waals surface area contributed by atoms with E-state index >= 15 is 0 Å². The van der Waals surface area contributed by atoms with Crippen molar-refractivity contribution < 1.29 is 115 Å². The van der Waals surface area contributed by atoms with Crippen LogP contribution >= 0.6 is 0 Å². The summed E-state index contributed by atoms with van der Waals surface area (Å²) in [5.41, 5.74) is 26.6. The van der Waals surface area contributed by atoms with E-state index in [1.54, 1.807) is 33.9 Å². The van der Waals surface area contributed by atoms with Crippen LogP contribution in [0.15, 0.2) is 94.7 Å². The van der Waals surface area contributed by atoms with Crippen molar-refractivity contribution in [3.8, 4) is 11.3 Å². The molecule has 35 nitrogen and oxygen atoms in total. The molecule has 4 aliphatic heterocycles. The van der Waals surface area contributed by atoms with E-state index in [1.165, 1.54) is 32.0 Å². The Hall–Kier alpha value is -8.89. The molecule has 0 radical (unpaired) electrons. The number of nitrogens with zero attached hydrogens (tertiary/aromatic N) is 7. The molecule has 688 valence electrons. The average molecular weight is 1750 g/mol. The van der Waals surface area contributed by atoms with Crippen molar-refractivity contribution in [3.05, 3.63) is 107 Å². The lowest BCUT2D eigenvalue weighted by Gasteiger charge is -2.42. The van der Waals surface area contributed by atoms with Crippen LogP contribution in [0.25, 0.3) is 33.4 Å². The molecule has 15 atom stereocenters. The number of amides is 3. The van der Waals surface area contributed by atoms with E-state index in [2.05, 4.69) is 32.4 Å². The SMILES string of the molecule is CO[C@H]1C[C@@H]2CC[C@@H](C)[C@@](O)(O2)C(=O)C(=O)N2CCCC[C@H]2C(=O)O[C@H]([C@H](N)C[C@@H]2CC[C@@H](OC(=O)NCCOCCOCCOCCOCCOCCOCCOCCOCC(=O)N3CCc4cc(Cn5nc(-c6ccc7oc(N)nc7c6)c6c(N)ncnc65)ccc4C3)[C@H](OC)C2)CC(=O)[C@H](C)/C=C(\C)[C@@H](O)[C@@H](O)C(=O)[C@H](C)C[C@H](C)/C=C/C=CC=C1C. The van der Waals surface area contributed by atoms with Crippen LogP contribution in [0.1, 0.15) is 135 Å². The van der Waals surface area contributed by atoms with Gasteiger partial charge < -0.3 is 114 Å². The van der Waals surface area contributed by atoms with E-state index in [0.717, 1.165) is 27.2 Å². The molecule has 5 aliphatic rings. The number of cyclic esters (lactones) is 1. The second-order valence-electron chi connectivity index (χ2n) is 33.1. The summed E-state index contributed by atoms with van der Waals surface area (Å²) in [4.78, 5) is 114. The molecule has 1 aliphatic carbocycles. The molecular weight excluding hydrogens is 1620 g/mol. The van der Waals surface area contributed by atoms with E-state index in [1.807, 2.05) is 72.0 Å². The van der Waals surface area contributed by atoms with Gasteiger partial charge in [-0.25, -0.2) is 24.2 Å². The zero-order valence-electron chi connectivity index (χ0n) is 73.4. The first kappa shape index (κ1) is 98.3. The summed E-state index contributed by atoms with van der Waals surface area (Å²) in [6.07, 6.45) is 8.88. The average Bonchev–Trinajstić information content (AvgIpc) is 1.46. The van der Waals surface area contributed by atoms with E-state index in [9.17, 15) is 48.9 Å². The quantitative estimate of drug-likeness (QED) is 0.00945. The summed E-state index contributed by atoms with van der Waals surface area (Å²) in [6.45, 7) is 17.0. The van der Waals surface area contributed by atoms with E-state index in [0.29, 0.717) is 190 Å². The van der Waals surface area contributed by atoms with E-state index < -0.39 is 120 Å². The minimum atomic E-state index is -2.51. The lowest BCUT2D eigenvalue weighted by atomic mass is 9.80. The van der Waals surface area contributed by atoms with E-state index in [-0.39, 0.29) is 88.1 Å². The van der Waals surface area contributed by atoms with Gasteiger partial charge in [-0.2, -0.15) is 10.1 Å². The molecule has 2 bridgehead atoms. The number of aliphatic hydroxyl groups excluding tert-OH is 2. The van der Waals surface area contributed by atoms with Gasteiger partial charge in [0.2, 0.25) is 11.7 Å². The second kappa shape index (κ2) is 49.4. The molecule has 10 N–H and O–H groups in total. The number of rotatable bonds is 35. The number of ketones is 3. The zero-order chi connectivity index (χ0) is 89.5. The Morgan fingerprint density at radius 1 is 0.712 bits per heavy atom. The summed E-state index contributed by atoms with van der Waals surface area (Å²) in [5, 5.41) is 42.9. The Morgan fingerprint density at radius 2 is 1.39 bits per heavy atom. The fourth-order valence-corrected chi connectivity index (χ4v) is 16.5. The molecule has 7 heterocycles. The molecular formula is C90H129N11O24. The van der Waals surface area contributed by atoms with Crippen molar-refractivity contribution in [3.63, 3.8) is 0 Å². The third-order valence-electron chi connectivity index (χ3n) is 23.8. The topological polar surface area (TPSA) is 466 Å². The molecule has 3 amide bonds. The first-order chi connectivity index (χ1) is 60.2. The van der Waals surface area contributed by atoms with Crippen molar-refractivity contribution in [1.82, 2.24) is 39.8 Å². The molecule has 10 rings (SSSR count). The highest BCUT2D eigenvalue weighted by Gasteiger charge is 2.53. The highest BCUT2D eigenvalue weighted by Crippen LogP contribution is 2.39. The van der Waals surface area contributed by atoms with Gasteiger partial charge in [-0.3, -0.25) is 24.0 Å². The number of methoxy groups -OCH3 is 2.